The van der Waals surface area contributed by atoms with Gasteiger partial charge in [0.1, 0.15) is 11.4 Å². The van der Waals surface area contributed by atoms with Gasteiger partial charge in [-0.3, -0.25) is 0 Å². The highest BCUT2D eigenvalue weighted by Crippen LogP contribution is 2.31. The van der Waals surface area contributed by atoms with Crippen LogP contribution in [0.2, 0.25) is 0 Å². The second-order valence-electron chi connectivity index (χ2n) is 5.54. The van der Waals surface area contributed by atoms with Crippen molar-refractivity contribution in [2.75, 3.05) is 12.8 Å². The van der Waals surface area contributed by atoms with Gasteiger partial charge >= 0.3 is 0 Å². The van der Waals surface area contributed by atoms with Gasteiger partial charge < -0.3 is 20.8 Å². The highest BCUT2D eigenvalue weighted by atomic mass is 16.5. The number of benzene rings is 2. The standard InChI is InChI=1S/C20H21N3O/c1-3-23-18(11-8-14-4-6-15(13-21)7-5-14)20(22)17-10-9-16(24-2)12-19(17)23/h4-7,9-10,12H,3,13,21-22H2,1-2H3. The number of ether oxygens (including phenoxy) is 1. The number of aromatic nitrogens is 1. The molecule has 3 aromatic rings. The number of hydrogen-bond acceptors (Lipinski definition) is 3. The zero-order chi connectivity index (χ0) is 17.1. The molecule has 3 rings (SSSR count). The van der Waals surface area contributed by atoms with Crippen molar-refractivity contribution in [3.8, 4) is 17.6 Å². The number of nitrogens with zero attached hydrogens (tertiary/aromatic N) is 1. The predicted molar refractivity (Wildman–Crippen MR) is 98.9 cm³/mol. The van der Waals surface area contributed by atoms with Gasteiger partial charge in [-0.1, -0.05) is 18.1 Å². The molecule has 0 aliphatic carbocycles. The lowest BCUT2D eigenvalue weighted by molar-refractivity contribution is 0.415. The van der Waals surface area contributed by atoms with E-state index in [1.165, 1.54) is 0 Å². The lowest BCUT2D eigenvalue weighted by Crippen LogP contribution is -1.99. The summed E-state index contributed by atoms with van der Waals surface area (Å²) in [5.41, 5.74) is 16.6. The number of hydrogen-bond donors (Lipinski definition) is 2. The van der Waals surface area contributed by atoms with Gasteiger partial charge in [-0.05, 0) is 42.7 Å². The lowest BCUT2D eigenvalue weighted by Gasteiger charge is -2.04. The second-order valence-corrected chi connectivity index (χ2v) is 5.54. The molecule has 0 saturated heterocycles. The molecule has 0 fully saturated rings. The van der Waals surface area contributed by atoms with Crippen molar-refractivity contribution in [3.05, 3.63) is 59.3 Å². The number of nitrogen functional groups attached to an aromatic ring is 1. The van der Waals surface area contributed by atoms with Crippen LogP contribution in [0.3, 0.4) is 0 Å². The third-order valence-electron chi connectivity index (χ3n) is 4.14. The van der Waals surface area contributed by atoms with Gasteiger partial charge in [-0.2, -0.15) is 0 Å². The molecular weight excluding hydrogens is 298 g/mol. The summed E-state index contributed by atoms with van der Waals surface area (Å²) in [6, 6.07) is 13.8. The molecule has 0 aliphatic rings. The fourth-order valence-electron chi connectivity index (χ4n) is 2.80. The van der Waals surface area contributed by atoms with E-state index in [4.69, 9.17) is 16.2 Å². The SMILES string of the molecule is CCn1c(C#Cc2ccc(CN)cc2)c(N)c2ccc(OC)cc21. The first-order valence-electron chi connectivity index (χ1n) is 7.94. The van der Waals surface area contributed by atoms with Crippen LogP contribution < -0.4 is 16.2 Å². The zero-order valence-corrected chi connectivity index (χ0v) is 14.0. The first-order chi connectivity index (χ1) is 11.7. The summed E-state index contributed by atoms with van der Waals surface area (Å²) in [4.78, 5) is 0. The van der Waals surface area contributed by atoms with Crippen LogP contribution in [-0.4, -0.2) is 11.7 Å². The fraction of sp³-hybridized carbons (Fsp3) is 0.200. The van der Waals surface area contributed by atoms with Crippen molar-refractivity contribution < 1.29 is 4.74 Å². The van der Waals surface area contributed by atoms with Crippen LogP contribution in [-0.2, 0) is 13.1 Å². The van der Waals surface area contributed by atoms with Crippen molar-refractivity contribution in [3.63, 3.8) is 0 Å². The maximum Gasteiger partial charge on any atom is 0.120 e. The van der Waals surface area contributed by atoms with E-state index in [2.05, 4.69) is 23.3 Å². The Bertz CT molecular complexity index is 927. The van der Waals surface area contributed by atoms with Crippen LogP contribution in [0.1, 0.15) is 23.7 Å². The molecule has 0 amide bonds. The molecule has 4 heteroatoms. The van der Waals surface area contributed by atoms with Crippen molar-refractivity contribution in [1.82, 2.24) is 4.57 Å². The van der Waals surface area contributed by atoms with E-state index in [9.17, 15) is 0 Å². The molecule has 122 valence electrons. The van der Waals surface area contributed by atoms with Gasteiger partial charge in [0.05, 0.1) is 18.3 Å². The molecule has 0 radical (unpaired) electrons. The number of rotatable bonds is 3. The Kier molecular flexibility index (Phi) is 4.45. The summed E-state index contributed by atoms with van der Waals surface area (Å²) in [7, 11) is 1.66. The summed E-state index contributed by atoms with van der Waals surface area (Å²) >= 11 is 0. The molecule has 0 unspecified atom stereocenters. The van der Waals surface area contributed by atoms with Crippen LogP contribution in [0.15, 0.2) is 42.5 Å². The van der Waals surface area contributed by atoms with Crippen molar-refractivity contribution in [1.29, 1.82) is 0 Å². The molecule has 4 N–H and O–H groups in total. The van der Waals surface area contributed by atoms with Gasteiger partial charge in [0.25, 0.3) is 0 Å². The molecule has 2 aromatic carbocycles. The molecule has 0 bridgehead atoms. The van der Waals surface area contributed by atoms with E-state index in [1.807, 2.05) is 42.5 Å². The monoisotopic (exact) mass is 319 g/mol. The van der Waals surface area contributed by atoms with E-state index in [0.717, 1.165) is 40.0 Å². The molecule has 0 spiro atoms. The Morgan fingerprint density at radius 1 is 1.08 bits per heavy atom. The normalized spacial score (nSPS) is 10.5. The Balaban J connectivity index is 2.09. The van der Waals surface area contributed by atoms with E-state index in [0.29, 0.717) is 12.2 Å². The van der Waals surface area contributed by atoms with Gasteiger partial charge in [-0.15, -0.1) is 0 Å². The second kappa shape index (κ2) is 6.69. The highest BCUT2D eigenvalue weighted by molar-refractivity contribution is 5.96. The Hall–Kier alpha value is -2.90. The maximum absolute atomic E-state index is 6.34. The molecule has 0 atom stereocenters. The molecule has 0 saturated carbocycles. The van der Waals surface area contributed by atoms with Crippen molar-refractivity contribution in [2.24, 2.45) is 5.73 Å². The topological polar surface area (TPSA) is 66.2 Å². The number of fused-ring (bicyclic) bond motifs is 1. The van der Waals surface area contributed by atoms with Crippen molar-refractivity contribution in [2.45, 2.75) is 20.0 Å². The number of anilines is 1. The van der Waals surface area contributed by atoms with Gasteiger partial charge in [-0.25, -0.2) is 0 Å². The van der Waals surface area contributed by atoms with Crippen LogP contribution in [0.25, 0.3) is 10.9 Å². The lowest BCUT2D eigenvalue weighted by atomic mass is 10.1. The van der Waals surface area contributed by atoms with Gasteiger partial charge in [0.2, 0.25) is 0 Å². The Morgan fingerprint density at radius 3 is 2.46 bits per heavy atom. The van der Waals surface area contributed by atoms with Crippen LogP contribution in [0, 0.1) is 11.8 Å². The van der Waals surface area contributed by atoms with Gasteiger partial charge in [0.15, 0.2) is 0 Å². The fourth-order valence-corrected chi connectivity index (χ4v) is 2.80. The molecule has 4 nitrogen and oxygen atoms in total. The van der Waals surface area contributed by atoms with E-state index >= 15 is 0 Å². The molecule has 0 aliphatic heterocycles. The third-order valence-corrected chi connectivity index (χ3v) is 4.14. The summed E-state index contributed by atoms with van der Waals surface area (Å²) < 4.78 is 7.44. The van der Waals surface area contributed by atoms with E-state index in [1.54, 1.807) is 7.11 Å². The summed E-state index contributed by atoms with van der Waals surface area (Å²) in [6.45, 7) is 3.41. The van der Waals surface area contributed by atoms with Crippen LogP contribution >= 0.6 is 0 Å². The van der Waals surface area contributed by atoms with E-state index < -0.39 is 0 Å². The summed E-state index contributed by atoms with van der Waals surface area (Å²) in [6.07, 6.45) is 0. The molecule has 1 heterocycles. The smallest absolute Gasteiger partial charge is 0.120 e. The van der Waals surface area contributed by atoms with E-state index in [-0.39, 0.29) is 0 Å². The molecule has 1 aromatic heterocycles. The largest absolute Gasteiger partial charge is 0.497 e. The summed E-state index contributed by atoms with van der Waals surface area (Å²) in [5.74, 6) is 7.24. The zero-order valence-electron chi connectivity index (χ0n) is 14.0. The molecule has 24 heavy (non-hydrogen) atoms. The van der Waals surface area contributed by atoms with Crippen molar-refractivity contribution >= 4 is 16.6 Å². The van der Waals surface area contributed by atoms with Crippen LogP contribution in [0.5, 0.6) is 5.75 Å². The Labute approximate surface area is 142 Å². The minimum absolute atomic E-state index is 0.534. The van der Waals surface area contributed by atoms with Gasteiger partial charge in [0, 0.05) is 30.1 Å². The summed E-state index contributed by atoms with van der Waals surface area (Å²) in [5, 5.41) is 1.00. The third kappa shape index (κ3) is 2.82. The average Bonchev–Trinajstić information content (AvgIpc) is 2.91. The predicted octanol–water partition coefficient (Wildman–Crippen LogP) is 3.11. The Morgan fingerprint density at radius 2 is 1.83 bits per heavy atom. The number of nitrogens with two attached hydrogens (primary N) is 2. The van der Waals surface area contributed by atoms with Crippen LogP contribution in [0.4, 0.5) is 5.69 Å². The number of aryl methyl sites for hydroxylation is 1. The number of methoxy groups -OCH3 is 1. The maximum atomic E-state index is 6.34. The molecular formula is C20H21N3O. The highest BCUT2D eigenvalue weighted by Gasteiger charge is 2.13. The first kappa shape index (κ1) is 16.0. The minimum Gasteiger partial charge on any atom is -0.497 e. The minimum atomic E-state index is 0.534. The average molecular weight is 319 g/mol. The quantitative estimate of drug-likeness (QED) is 0.729. The first-order valence-corrected chi connectivity index (χ1v) is 7.94.